The summed E-state index contributed by atoms with van der Waals surface area (Å²) in [5, 5.41) is 9.60. The molecule has 1 aromatic carbocycles. The van der Waals surface area contributed by atoms with Crippen LogP contribution in [0.15, 0.2) is 23.1 Å². The lowest BCUT2D eigenvalue weighted by atomic mass is 10.2. The van der Waals surface area contributed by atoms with Gasteiger partial charge in [-0.1, -0.05) is 43.0 Å². The molecule has 0 radical (unpaired) electrons. The molecule has 0 amide bonds. The fourth-order valence-corrected chi connectivity index (χ4v) is 4.03. The summed E-state index contributed by atoms with van der Waals surface area (Å²) in [6, 6.07) is 4.22. The van der Waals surface area contributed by atoms with Crippen molar-refractivity contribution in [3.63, 3.8) is 0 Å². The molecule has 0 fully saturated rings. The Morgan fingerprint density at radius 1 is 1.10 bits per heavy atom. The molecule has 0 aliphatic carbocycles. The van der Waals surface area contributed by atoms with E-state index in [1.807, 2.05) is 6.92 Å². The number of aliphatic hydroxyl groups excluding tert-OH is 1. The van der Waals surface area contributed by atoms with Crippen LogP contribution in [0.4, 0.5) is 0 Å². The van der Waals surface area contributed by atoms with Gasteiger partial charge in [0.05, 0.1) is 11.5 Å². The first kappa shape index (κ1) is 17.7. The Morgan fingerprint density at radius 2 is 1.70 bits per heavy atom. The van der Waals surface area contributed by atoms with Crippen molar-refractivity contribution in [1.82, 2.24) is 4.31 Å². The Morgan fingerprint density at radius 3 is 2.20 bits per heavy atom. The van der Waals surface area contributed by atoms with Gasteiger partial charge in [-0.15, -0.1) is 0 Å². The quantitative estimate of drug-likeness (QED) is 0.740. The summed E-state index contributed by atoms with van der Waals surface area (Å²) in [7, 11) is -3.68. The average molecular weight is 340 g/mol. The van der Waals surface area contributed by atoms with Gasteiger partial charge in [-0.05, 0) is 24.6 Å². The molecule has 4 nitrogen and oxygen atoms in total. The van der Waals surface area contributed by atoms with Crippen LogP contribution in [0.5, 0.6) is 0 Å². The molecule has 0 saturated carbocycles. The first-order valence-corrected chi connectivity index (χ1v) is 8.68. The zero-order valence-electron chi connectivity index (χ0n) is 11.3. The van der Waals surface area contributed by atoms with Crippen LogP contribution in [0.3, 0.4) is 0 Å². The van der Waals surface area contributed by atoms with Crippen molar-refractivity contribution in [1.29, 1.82) is 0 Å². The minimum atomic E-state index is -3.68. The fraction of sp³-hybridized carbons (Fsp3) is 0.538. The smallest absolute Gasteiger partial charge is 0.243 e. The largest absolute Gasteiger partial charge is 0.395 e. The summed E-state index contributed by atoms with van der Waals surface area (Å²) in [4.78, 5) is 0.0555. The molecular weight excluding hydrogens is 321 g/mol. The lowest BCUT2D eigenvalue weighted by Gasteiger charge is -2.21. The summed E-state index contributed by atoms with van der Waals surface area (Å²) in [6.45, 7) is 2.26. The first-order valence-electron chi connectivity index (χ1n) is 6.49. The molecule has 0 aliphatic heterocycles. The first-order chi connectivity index (χ1) is 9.41. The Balaban J connectivity index is 3.02. The van der Waals surface area contributed by atoms with Gasteiger partial charge in [-0.2, -0.15) is 4.31 Å². The minimum Gasteiger partial charge on any atom is -0.395 e. The van der Waals surface area contributed by atoms with Crippen LogP contribution in [0, 0.1) is 0 Å². The number of sulfonamides is 1. The highest BCUT2D eigenvalue weighted by molar-refractivity contribution is 7.89. The Labute approximate surface area is 130 Å². The minimum absolute atomic E-state index is 0.0555. The number of nitrogens with zero attached hydrogens (tertiary/aromatic N) is 1. The second-order valence-corrected chi connectivity index (χ2v) is 7.25. The maximum atomic E-state index is 12.5. The van der Waals surface area contributed by atoms with Gasteiger partial charge in [0.15, 0.2) is 0 Å². The molecule has 0 atom stereocenters. The van der Waals surface area contributed by atoms with Crippen LogP contribution in [0.1, 0.15) is 26.2 Å². The molecule has 0 spiro atoms. The van der Waals surface area contributed by atoms with E-state index in [0.717, 1.165) is 19.3 Å². The van der Waals surface area contributed by atoms with Gasteiger partial charge in [0.2, 0.25) is 10.0 Å². The zero-order chi connectivity index (χ0) is 15.2. The van der Waals surface area contributed by atoms with Gasteiger partial charge >= 0.3 is 0 Å². The SMILES string of the molecule is CCCCCN(CCO)S(=O)(=O)c1cc(Cl)cc(Cl)c1. The van der Waals surface area contributed by atoms with E-state index in [-0.39, 0.29) is 28.1 Å². The molecule has 0 heterocycles. The summed E-state index contributed by atoms with van der Waals surface area (Å²) in [5.41, 5.74) is 0. The van der Waals surface area contributed by atoms with E-state index < -0.39 is 10.0 Å². The highest BCUT2D eigenvalue weighted by atomic mass is 35.5. The molecule has 0 aliphatic rings. The third kappa shape index (κ3) is 4.90. The number of halogens is 2. The van der Waals surface area contributed by atoms with Crippen molar-refractivity contribution in [3.05, 3.63) is 28.2 Å². The summed E-state index contributed by atoms with van der Waals surface area (Å²) >= 11 is 11.7. The lowest BCUT2D eigenvalue weighted by Crippen LogP contribution is -2.34. The molecule has 0 aromatic heterocycles. The Hall–Kier alpha value is -0.330. The maximum Gasteiger partial charge on any atom is 0.243 e. The number of hydrogen-bond donors (Lipinski definition) is 1. The van der Waals surface area contributed by atoms with E-state index in [1.54, 1.807) is 0 Å². The van der Waals surface area contributed by atoms with E-state index in [4.69, 9.17) is 28.3 Å². The van der Waals surface area contributed by atoms with Crippen molar-refractivity contribution in [3.8, 4) is 0 Å². The highest BCUT2D eigenvalue weighted by Gasteiger charge is 2.24. The third-order valence-corrected chi connectivity index (χ3v) is 5.15. The number of hydrogen-bond acceptors (Lipinski definition) is 3. The lowest BCUT2D eigenvalue weighted by molar-refractivity contribution is 0.252. The number of unbranched alkanes of at least 4 members (excludes halogenated alkanes) is 2. The van der Waals surface area contributed by atoms with Crippen molar-refractivity contribution in [2.75, 3.05) is 19.7 Å². The molecule has 0 saturated heterocycles. The Bertz CT molecular complexity index is 514. The predicted molar refractivity (Wildman–Crippen MR) is 81.8 cm³/mol. The topological polar surface area (TPSA) is 57.6 Å². The molecule has 1 N–H and O–H groups in total. The fourth-order valence-electron chi connectivity index (χ4n) is 1.83. The third-order valence-electron chi connectivity index (χ3n) is 2.83. The molecular formula is C13H19Cl2NO3S. The summed E-state index contributed by atoms with van der Waals surface area (Å²) in [5.74, 6) is 0. The van der Waals surface area contributed by atoms with Gasteiger partial charge in [-0.25, -0.2) is 8.42 Å². The zero-order valence-corrected chi connectivity index (χ0v) is 13.7. The molecule has 0 bridgehead atoms. The maximum absolute atomic E-state index is 12.5. The van der Waals surface area contributed by atoms with Gasteiger partial charge < -0.3 is 5.11 Å². The molecule has 1 rings (SSSR count). The second kappa shape index (κ2) is 8.20. The van der Waals surface area contributed by atoms with Crippen molar-refractivity contribution >= 4 is 33.2 Å². The Kier molecular flexibility index (Phi) is 7.26. The summed E-state index contributed by atoms with van der Waals surface area (Å²) in [6.07, 6.45) is 2.69. The molecule has 20 heavy (non-hydrogen) atoms. The van der Waals surface area contributed by atoms with E-state index in [0.29, 0.717) is 6.54 Å². The highest BCUT2D eigenvalue weighted by Crippen LogP contribution is 2.25. The number of benzene rings is 1. The van der Waals surface area contributed by atoms with Crippen LogP contribution >= 0.6 is 23.2 Å². The predicted octanol–water partition coefficient (Wildman–Crippen LogP) is 3.17. The van der Waals surface area contributed by atoms with E-state index >= 15 is 0 Å². The van der Waals surface area contributed by atoms with Crippen molar-refractivity contribution in [2.45, 2.75) is 31.1 Å². The molecule has 7 heteroatoms. The molecule has 0 unspecified atom stereocenters. The van der Waals surface area contributed by atoms with Crippen LogP contribution in [-0.2, 0) is 10.0 Å². The van der Waals surface area contributed by atoms with Gasteiger partial charge in [0.25, 0.3) is 0 Å². The average Bonchev–Trinajstić information content (AvgIpc) is 2.36. The van der Waals surface area contributed by atoms with Crippen LogP contribution in [0.25, 0.3) is 0 Å². The monoisotopic (exact) mass is 339 g/mol. The van der Waals surface area contributed by atoms with Gasteiger partial charge in [0.1, 0.15) is 0 Å². The number of rotatable bonds is 8. The van der Waals surface area contributed by atoms with Gasteiger partial charge in [-0.3, -0.25) is 0 Å². The standard InChI is InChI=1S/C13H19Cl2NO3S/c1-2-3-4-5-16(6-7-17)20(18,19)13-9-11(14)8-12(15)10-13/h8-10,17H,2-7H2,1H3. The molecule has 114 valence electrons. The van der Waals surface area contributed by atoms with Crippen LogP contribution in [0.2, 0.25) is 10.0 Å². The van der Waals surface area contributed by atoms with E-state index in [1.165, 1.54) is 22.5 Å². The van der Waals surface area contributed by atoms with E-state index in [2.05, 4.69) is 0 Å². The van der Waals surface area contributed by atoms with Crippen LogP contribution in [-0.4, -0.2) is 37.5 Å². The van der Waals surface area contributed by atoms with E-state index in [9.17, 15) is 8.42 Å². The van der Waals surface area contributed by atoms with Gasteiger partial charge in [0, 0.05) is 23.1 Å². The summed E-state index contributed by atoms with van der Waals surface area (Å²) < 4.78 is 26.3. The normalized spacial score (nSPS) is 12.1. The second-order valence-electron chi connectivity index (χ2n) is 4.44. The van der Waals surface area contributed by atoms with Crippen molar-refractivity contribution in [2.24, 2.45) is 0 Å². The number of aliphatic hydroxyl groups is 1. The molecule has 1 aromatic rings. The van der Waals surface area contributed by atoms with Crippen molar-refractivity contribution < 1.29 is 13.5 Å². The van der Waals surface area contributed by atoms with Crippen LogP contribution < -0.4 is 0 Å².